The van der Waals surface area contributed by atoms with Gasteiger partial charge >= 0.3 is 5.69 Å². The number of ether oxygens (including phenoxy) is 3. The van der Waals surface area contributed by atoms with Gasteiger partial charge in [-0.2, -0.15) is 0 Å². The molecule has 34 heavy (non-hydrogen) atoms. The highest BCUT2D eigenvalue weighted by Crippen LogP contribution is 2.26. The number of aromatic nitrogens is 4. The molecule has 0 bridgehead atoms. The van der Waals surface area contributed by atoms with Crippen molar-refractivity contribution in [3.05, 3.63) is 57.9 Å². The van der Waals surface area contributed by atoms with Gasteiger partial charge in [-0.3, -0.25) is 4.57 Å². The number of anilines is 1. The Morgan fingerprint density at radius 1 is 1.15 bits per heavy atom. The number of nitrogens with one attached hydrogen (secondary N) is 1. The Hall–Kier alpha value is -3.59. The Morgan fingerprint density at radius 3 is 2.50 bits per heavy atom. The van der Waals surface area contributed by atoms with Gasteiger partial charge in [0.15, 0.2) is 5.65 Å². The van der Waals surface area contributed by atoms with Crippen LogP contribution in [0.5, 0.6) is 11.5 Å². The van der Waals surface area contributed by atoms with Gasteiger partial charge in [-0.25, -0.2) is 19.2 Å². The fraction of sp³-hybridized carbons (Fsp3) is 0.400. The van der Waals surface area contributed by atoms with Crippen molar-refractivity contribution in [1.82, 2.24) is 18.9 Å². The van der Waals surface area contributed by atoms with Crippen molar-refractivity contribution in [2.45, 2.75) is 26.8 Å². The summed E-state index contributed by atoms with van der Waals surface area (Å²) in [5, 5.41) is 3.44. The summed E-state index contributed by atoms with van der Waals surface area (Å²) in [6.07, 6.45) is 2.50. The highest BCUT2D eigenvalue weighted by Gasteiger charge is 2.20. The number of fused-ring (bicyclic) bond motifs is 3. The summed E-state index contributed by atoms with van der Waals surface area (Å²) in [5.74, 6) is 1.83. The van der Waals surface area contributed by atoms with E-state index in [0.717, 1.165) is 47.9 Å². The van der Waals surface area contributed by atoms with Crippen LogP contribution in [0.3, 0.4) is 0 Å². The summed E-state index contributed by atoms with van der Waals surface area (Å²) in [6.45, 7) is 6.64. The standard InChI is InChI=1S/C25H29N5O4/c1-5-21-15(2)28-24-23-22(8-18(11-27-23)26-10-17-13-34-14-17)29(25(31)30(21)24)12-16-6-19(32-3)9-20(7-16)33-4/h6-9,11,17,26H,5,10,12-14H2,1-4H3. The van der Waals surface area contributed by atoms with E-state index in [9.17, 15) is 4.79 Å². The third-order valence-corrected chi connectivity index (χ3v) is 6.35. The van der Waals surface area contributed by atoms with Crippen LogP contribution in [-0.4, -0.2) is 52.9 Å². The van der Waals surface area contributed by atoms with Crippen LogP contribution in [0.2, 0.25) is 0 Å². The van der Waals surface area contributed by atoms with Crippen LogP contribution in [0.25, 0.3) is 16.7 Å². The minimum absolute atomic E-state index is 0.145. The first-order valence-corrected chi connectivity index (χ1v) is 11.5. The first-order valence-electron chi connectivity index (χ1n) is 11.5. The molecule has 0 amide bonds. The first kappa shape index (κ1) is 22.2. The second kappa shape index (κ2) is 8.98. The third-order valence-electron chi connectivity index (χ3n) is 6.35. The van der Waals surface area contributed by atoms with Gasteiger partial charge in [-0.1, -0.05) is 6.92 Å². The van der Waals surface area contributed by atoms with Crippen LogP contribution >= 0.6 is 0 Å². The lowest BCUT2D eigenvalue weighted by molar-refractivity contribution is -0.0248. The van der Waals surface area contributed by atoms with E-state index in [0.29, 0.717) is 41.5 Å². The molecule has 4 aromatic rings. The predicted molar refractivity (Wildman–Crippen MR) is 130 cm³/mol. The minimum atomic E-state index is -0.145. The summed E-state index contributed by atoms with van der Waals surface area (Å²) in [4.78, 5) is 23.3. The summed E-state index contributed by atoms with van der Waals surface area (Å²) in [5.41, 5.74) is 5.35. The van der Waals surface area contributed by atoms with E-state index >= 15 is 0 Å². The third kappa shape index (κ3) is 3.86. The van der Waals surface area contributed by atoms with Crippen molar-refractivity contribution in [2.24, 2.45) is 5.92 Å². The average molecular weight is 464 g/mol. The number of methoxy groups -OCH3 is 2. The van der Waals surface area contributed by atoms with Gasteiger partial charge < -0.3 is 19.5 Å². The van der Waals surface area contributed by atoms with E-state index in [4.69, 9.17) is 24.2 Å². The maximum absolute atomic E-state index is 13.8. The van der Waals surface area contributed by atoms with Crippen LogP contribution in [0.4, 0.5) is 5.69 Å². The van der Waals surface area contributed by atoms with Gasteiger partial charge in [0.1, 0.15) is 17.0 Å². The first-order chi connectivity index (χ1) is 16.5. The Balaban J connectivity index is 1.69. The lowest BCUT2D eigenvalue weighted by Gasteiger charge is -2.26. The number of aryl methyl sites for hydroxylation is 2. The average Bonchev–Trinajstić information content (AvgIpc) is 3.16. The molecule has 0 radical (unpaired) electrons. The van der Waals surface area contributed by atoms with E-state index in [-0.39, 0.29) is 5.69 Å². The molecule has 0 atom stereocenters. The molecular weight excluding hydrogens is 434 g/mol. The number of benzene rings is 1. The van der Waals surface area contributed by atoms with Crippen LogP contribution in [-0.2, 0) is 17.7 Å². The van der Waals surface area contributed by atoms with E-state index in [1.807, 2.05) is 38.1 Å². The topological polar surface area (TPSA) is 91.9 Å². The van der Waals surface area contributed by atoms with Crippen molar-refractivity contribution in [3.8, 4) is 11.5 Å². The van der Waals surface area contributed by atoms with Crippen molar-refractivity contribution in [3.63, 3.8) is 0 Å². The van der Waals surface area contributed by atoms with Crippen molar-refractivity contribution in [1.29, 1.82) is 0 Å². The number of nitrogens with zero attached hydrogens (tertiary/aromatic N) is 4. The van der Waals surface area contributed by atoms with Gasteiger partial charge in [-0.15, -0.1) is 0 Å². The maximum Gasteiger partial charge on any atom is 0.335 e. The SMILES string of the molecule is CCc1c(C)nc2c3ncc(NCC4COC4)cc3n(Cc3cc(OC)cc(OC)c3)c(=O)n12. The molecule has 1 N–H and O–H groups in total. The van der Waals surface area contributed by atoms with E-state index in [1.54, 1.807) is 29.4 Å². The summed E-state index contributed by atoms with van der Waals surface area (Å²) in [6, 6.07) is 7.63. The molecule has 9 heteroatoms. The molecule has 3 aromatic heterocycles. The maximum atomic E-state index is 13.8. The quantitative estimate of drug-likeness (QED) is 0.429. The fourth-order valence-electron chi connectivity index (χ4n) is 4.45. The zero-order valence-corrected chi connectivity index (χ0v) is 19.9. The Labute approximate surface area is 197 Å². The largest absolute Gasteiger partial charge is 0.497 e. The molecule has 9 nitrogen and oxygen atoms in total. The molecule has 178 valence electrons. The van der Waals surface area contributed by atoms with Crippen LogP contribution in [0.15, 0.2) is 35.3 Å². The van der Waals surface area contributed by atoms with Crippen LogP contribution in [0.1, 0.15) is 23.9 Å². The fourth-order valence-corrected chi connectivity index (χ4v) is 4.45. The monoisotopic (exact) mass is 463 g/mol. The lowest BCUT2D eigenvalue weighted by atomic mass is 10.1. The molecule has 1 fully saturated rings. The number of hydrogen-bond acceptors (Lipinski definition) is 7. The molecule has 4 heterocycles. The molecule has 0 aliphatic carbocycles. The van der Waals surface area contributed by atoms with Gasteiger partial charge in [-0.05, 0) is 37.1 Å². The Bertz CT molecular complexity index is 1400. The summed E-state index contributed by atoms with van der Waals surface area (Å²) < 4.78 is 19.6. The minimum Gasteiger partial charge on any atom is -0.497 e. The number of hydrogen-bond donors (Lipinski definition) is 1. The lowest BCUT2D eigenvalue weighted by Crippen LogP contribution is -2.33. The van der Waals surface area contributed by atoms with Crippen molar-refractivity contribution < 1.29 is 14.2 Å². The van der Waals surface area contributed by atoms with Crippen molar-refractivity contribution in [2.75, 3.05) is 39.3 Å². The zero-order chi connectivity index (χ0) is 23.8. The number of pyridine rings is 1. The van der Waals surface area contributed by atoms with Crippen LogP contribution < -0.4 is 20.5 Å². The molecule has 1 aliphatic rings. The van der Waals surface area contributed by atoms with Gasteiger partial charge in [0.05, 0.1) is 62.8 Å². The molecular formula is C25H29N5O4. The molecule has 5 rings (SSSR count). The predicted octanol–water partition coefficient (Wildman–Crippen LogP) is 3.04. The normalized spacial score (nSPS) is 13.9. The van der Waals surface area contributed by atoms with Gasteiger partial charge in [0, 0.05) is 18.5 Å². The molecule has 0 spiro atoms. The number of imidazole rings is 1. The van der Waals surface area contributed by atoms with E-state index in [2.05, 4.69) is 5.32 Å². The van der Waals surface area contributed by atoms with Crippen LogP contribution in [0, 0.1) is 12.8 Å². The highest BCUT2D eigenvalue weighted by molar-refractivity contribution is 5.90. The highest BCUT2D eigenvalue weighted by atomic mass is 16.5. The van der Waals surface area contributed by atoms with E-state index < -0.39 is 0 Å². The zero-order valence-electron chi connectivity index (χ0n) is 19.9. The molecule has 0 saturated carbocycles. The Kier molecular flexibility index (Phi) is 5.87. The smallest absolute Gasteiger partial charge is 0.335 e. The number of rotatable bonds is 8. The molecule has 1 aliphatic heterocycles. The second-order valence-electron chi connectivity index (χ2n) is 8.62. The molecule has 0 unspecified atom stereocenters. The van der Waals surface area contributed by atoms with E-state index in [1.165, 1.54) is 0 Å². The Morgan fingerprint density at radius 2 is 1.88 bits per heavy atom. The second-order valence-corrected chi connectivity index (χ2v) is 8.62. The van der Waals surface area contributed by atoms with Crippen molar-refractivity contribution >= 4 is 22.4 Å². The van der Waals surface area contributed by atoms with Gasteiger partial charge in [0.2, 0.25) is 0 Å². The molecule has 1 aromatic carbocycles. The summed E-state index contributed by atoms with van der Waals surface area (Å²) >= 11 is 0. The summed E-state index contributed by atoms with van der Waals surface area (Å²) in [7, 11) is 3.23. The molecule has 1 saturated heterocycles. The van der Waals surface area contributed by atoms with Gasteiger partial charge in [0.25, 0.3) is 0 Å².